The fourth-order valence-electron chi connectivity index (χ4n) is 0.287. The zero-order valence-electron chi connectivity index (χ0n) is 4.85. The average Bonchev–Trinajstić information content (AvgIpc) is 1.59. The molecule has 0 heterocycles. The van der Waals surface area contributed by atoms with E-state index in [1.165, 1.54) is 0 Å². The first kappa shape index (κ1) is 9.94. The lowest BCUT2D eigenvalue weighted by Crippen LogP contribution is -2.38. The standard InChI is InChI=1S/C4H4ClF5/c1-3(5,7)2(6)4(8,9)10/h2H,1H3. The van der Waals surface area contributed by atoms with Gasteiger partial charge in [0.1, 0.15) is 0 Å². The minimum atomic E-state index is -5.23. The van der Waals surface area contributed by atoms with Gasteiger partial charge in [-0.15, -0.1) is 0 Å². The highest BCUT2D eigenvalue weighted by Gasteiger charge is 2.52. The molecule has 0 nitrogen and oxygen atoms in total. The van der Waals surface area contributed by atoms with Crippen LogP contribution in [0.2, 0.25) is 0 Å². The van der Waals surface area contributed by atoms with Crippen molar-refractivity contribution in [3.63, 3.8) is 0 Å². The van der Waals surface area contributed by atoms with Crippen molar-refractivity contribution in [2.45, 2.75) is 24.4 Å². The van der Waals surface area contributed by atoms with Crippen molar-refractivity contribution in [2.75, 3.05) is 0 Å². The van der Waals surface area contributed by atoms with Crippen molar-refractivity contribution in [3.05, 3.63) is 0 Å². The minimum Gasteiger partial charge on any atom is -0.232 e. The van der Waals surface area contributed by atoms with Crippen molar-refractivity contribution in [1.82, 2.24) is 0 Å². The summed E-state index contributed by atoms with van der Waals surface area (Å²) in [7, 11) is 0. The van der Waals surface area contributed by atoms with E-state index in [0.29, 0.717) is 6.92 Å². The SMILES string of the molecule is CC(F)(Cl)C(F)C(F)(F)F. The van der Waals surface area contributed by atoms with Crippen molar-refractivity contribution in [3.8, 4) is 0 Å². The maximum absolute atomic E-state index is 11.9. The Hall–Kier alpha value is -0.0600. The second-order valence-corrected chi connectivity index (χ2v) is 2.60. The summed E-state index contributed by atoms with van der Waals surface area (Å²) >= 11 is 4.41. The Morgan fingerprint density at radius 1 is 1.20 bits per heavy atom. The number of hydrogen-bond acceptors (Lipinski definition) is 0. The molecule has 0 aliphatic rings. The molecule has 0 aliphatic carbocycles. The zero-order valence-corrected chi connectivity index (χ0v) is 5.60. The summed E-state index contributed by atoms with van der Waals surface area (Å²) in [4.78, 5) is 0. The van der Waals surface area contributed by atoms with Crippen molar-refractivity contribution < 1.29 is 22.0 Å². The molecule has 0 fully saturated rings. The van der Waals surface area contributed by atoms with Gasteiger partial charge in [-0.25, -0.2) is 8.78 Å². The molecule has 0 bridgehead atoms. The molecule has 0 radical (unpaired) electrons. The Bertz CT molecular complexity index is 97.8. The van der Waals surface area contributed by atoms with E-state index in [1.54, 1.807) is 0 Å². The van der Waals surface area contributed by atoms with E-state index in [1.807, 2.05) is 0 Å². The summed E-state index contributed by atoms with van der Waals surface area (Å²) in [6, 6.07) is 0. The van der Waals surface area contributed by atoms with Crippen LogP contribution in [0.3, 0.4) is 0 Å². The molecule has 2 atom stereocenters. The molecule has 0 amide bonds. The van der Waals surface area contributed by atoms with E-state index in [9.17, 15) is 22.0 Å². The Labute approximate surface area is 59.0 Å². The maximum Gasteiger partial charge on any atom is 0.424 e. The fraction of sp³-hybridized carbons (Fsp3) is 1.00. The van der Waals surface area contributed by atoms with Crippen LogP contribution in [0, 0.1) is 0 Å². The Kier molecular flexibility index (Phi) is 2.51. The van der Waals surface area contributed by atoms with E-state index in [2.05, 4.69) is 11.6 Å². The largest absolute Gasteiger partial charge is 0.424 e. The van der Waals surface area contributed by atoms with Gasteiger partial charge >= 0.3 is 6.18 Å². The van der Waals surface area contributed by atoms with Gasteiger partial charge in [-0.05, 0) is 6.92 Å². The highest BCUT2D eigenvalue weighted by Crippen LogP contribution is 2.35. The van der Waals surface area contributed by atoms with Crippen LogP contribution in [0.25, 0.3) is 0 Å². The van der Waals surface area contributed by atoms with Crippen molar-refractivity contribution >= 4 is 11.6 Å². The molecule has 0 aromatic carbocycles. The van der Waals surface area contributed by atoms with Gasteiger partial charge < -0.3 is 0 Å². The van der Waals surface area contributed by atoms with Crippen LogP contribution in [0.4, 0.5) is 22.0 Å². The van der Waals surface area contributed by atoms with Crippen LogP contribution in [-0.2, 0) is 0 Å². The first-order valence-electron chi connectivity index (χ1n) is 2.24. The van der Waals surface area contributed by atoms with Crippen molar-refractivity contribution in [2.24, 2.45) is 0 Å². The lowest BCUT2D eigenvalue weighted by molar-refractivity contribution is -0.200. The lowest BCUT2D eigenvalue weighted by Gasteiger charge is -2.19. The molecule has 0 saturated heterocycles. The smallest absolute Gasteiger partial charge is 0.232 e. The Balaban J connectivity index is 4.23. The van der Waals surface area contributed by atoms with Crippen LogP contribution < -0.4 is 0 Å². The maximum atomic E-state index is 11.9. The second kappa shape index (κ2) is 2.53. The molecule has 0 saturated carbocycles. The quantitative estimate of drug-likeness (QED) is 0.432. The van der Waals surface area contributed by atoms with Gasteiger partial charge in [-0.1, -0.05) is 11.6 Å². The van der Waals surface area contributed by atoms with Crippen LogP contribution in [0.5, 0.6) is 0 Å². The molecule has 0 aliphatic heterocycles. The van der Waals surface area contributed by atoms with Crippen LogP contribution in [0.1, 0.15) is 6.92 Å². The normalized spacial score (nSPS) is 21.9. The summed E-state index contributed by atoms with van der Waals surface area (Å²) < 4.78 is 57.5. The Morgan fingerprint density at radius 3 is 1.50 bits per heavy atom. The fourth-order valence-corrected chi connectivity index (χ4v) is 0.411. The first-order valence-corrected chi connectivity index (χ1v) is 2.62. The molecule has 0 rings (SSSR count). The molecule has 0 spiro atoms. The van der Waals surface area contributed by atoms with Crippen LogP contribution in [-0.4, -0.2) is 17.5 Å². The zero-order chi connectivity index (χ0) is 8.58. The van der Waals surface area contributed by atoms with Gasteiger partial charge in [0.2, 0.25) is 11.3 Å². The molecular formula is C4H4ClF5. The predicted octanol–water partition coefficient (Wildman–Crippen LogP) is 2.81. The molecule has 6 heteroatoms. The molecule has 0 aromatic rings. The van der Waals surface area contributed by atoms with Gasteiger partial charge in [0.25, 0.3) is 0 Å². The van der Waals surface area contributed by atoms with Crippen LogP contribution in [0.15, 0.2) is 0 Å². The molecule has 0 N–H and O–H groups in total. The summed E-state index contributed by atoms with van der Waals surface area (Å²) in [5, 5.41) is -3.38. The topological polar surface area (TPSA) is 0 Å². The lowest BCUT2D eigenvalue weighted by atomic mass is 10.2. The van der Waals surface area contributed by atoms with Gasteiger partial charge in [-0.2, -0.15) is 13.2 Å². The van der Waals surface area contributed by atoms with E-state index in [4.69, 9.17) is 0 Å². The summed E-state index contributed by atoms with van der Waals surface area (Å²) in [5.41, 5.74) is 0. The summed E-state index contributed by atoms with van der Waals surface area (Å²) in [6.45, 7) is 0.312. The highest BCUT2D eigenvalue weighted by atomic mass is 35.5. The third kappa shape index (κ3) is 2.68. The van der Waals surface area contributed by atoms with E-state index < -0.39 is 17.5 Å². The van der Waals surface area contributed by atoms with E-state index in [-0.39, 0.29) is 0 Å². The van der Waals surface area contributed by atoms with Gasteiger partial charge in [-0.3, -0.25) is 0 Å². The average molecular weight is 183 g/mol. The van der Waals surface area contributed by atoms with E-state index >= 15 is 0 Å². The summed E-state index contributed by atoms with van der Waals surface area (Å²) in [5.74, 6) is 0. The minimum absolute atomic E-state index is 0.312. The number of rotatable bonds is 1. The number of hydrogen-bond donors (Lipinski definition) is 0. The van der Waals surface area contributed by atoms with Gasteiger partial charge in [0, 0.05) is 0 Å². The molecule has 62 valence electrons. The third-order valence-electron chi connectivity index (χ3n) is 0.732. The third-order valence-corrected chi connectivity index (χ3v) is 0.924. The highest BCUT2D eigenvalue weighted by molar-refractivity contribution is 6.23. The van der Waals surface area contributed by atoms with Gasteiger partial charge in [0.15, 0.2) is 0 Å². The Morgan fingerprint density at radius 2 is 1.50 bits per heavy atom. The number of halogens is 6. The monoisotopic (exact) mass is 182 g/mol. The summed E-state index contributed by atoms with van der Waals surface area (Å²) in [6.07, 6.45) is -8.87. The van der Waals surface area contributed by atoms with Gasteiger partial charge in [0.05, 0.1) is 0 Å². The predicted molar refractivity (Wildman–Crippen MR) is 26.3 cm³/mol. The first-order chi connectivity index (χ1) is 4.15. The molecular weight excluding hydrogens is 178 g/mol. The van der Waals surface area contributed by atoms with E-state index in [0.717, 1.165) is 0 Å². The molecule has 0 aromatic heterocycles. The number of alkyl halides is 6. The molecule has 10 heavy (non-hydrogen) atoms. The van der Waals surface area contributed by atoms with Crippen molar-refractivity contribution in [1.29, 1.82) is 0 Å². The second-order valence-electron chi connectivity index (χ2n) is 1.86. The molecule has 2 unspecified atom stereocenters. The van der Waals surface area contributed by atoms with Crippen LogP contribution >= 0.6 is 11.6 Å².